The Morgan fingerprint density at radius 3 is 2.34 bits per heavy atom. The highest BCUT2D eigenvalue weighted by molar-refractivity contribution is 7.89. The molecule has 0 spiro atoms. The van der Waals surface area contributed by atoms with Crippen LogP contribution in [0.2, 0.25) is 0 Å². The number of rotatable bonds is 4. The van der Waals surface area contributed by atoms with Crippen LogP contribution in [0.4, 0.5) is 0 Å². The minimum absolute atomic E-state index is 0.0314. The van der Waals surface area contributed by atoms with E-state index in [-0.39, 0.29) is 28.7 Å². The quantitative estimate of drug-likeness (QED) is 0.681. The number of likely N-dealkylation sites (tertiary alicyclic amines) is 1. The van der Waals surface area contributed by atoms with E-state index in [9.17, 15) is 18.0 Å². The predicted molar refractivity (Wildman–Crippen MR) is 120 cm³/mol. The molecule has 3 aliphatic heterocycles. The van der Waals surface area contributed by atoms with E-state index in [1.165, 1.54) is 6.07 Å². The van der Waals surface area contributed by atoms with E-state index >= 15 is 0 Å². The molecule has 1 aromatic rings. The number of carbonyl (C=O) groups excluding carboxylic acids is 2. The van der Waals surface area contributed by atoms with Crippen molar-refractivity contribution in [2.24, 2.45) is 5.92 Å². The van der Waals surface area contributed by atoms with Gasteiger partial charge in [0.1, 0.15) is 0 Å². The number of morpholine rings is 1. The minimum atomic E-state index is -3.63. The molecule has 176 valence electrons. The van der Waals surface area contributed by atoms with Crippen molar-refractivity contribution in [1.29, 1.82) is 0 Å². The van der Waals surface area contributed by atoms with Crippen LogP contribution >= 0.6 is 0 Å². The van der Waals surface area contributed by atoms with Gasteiger partial charge in [0.15, 0.2) is 0 Å². The summed E-state index contributed by atoms with van der Waals surface area (Å²) in [7, 11) is -3.63. The fourth-order valence-corrected chi connectivity index (χ4v) is 6.65. The first-order valence-electron chi connectivity index (χ1n) is 11.7. The summed E-state index contributed by atoms with van der Waals surface area (Å²) < 4.78 is 33.2. The zero-order chi connectivity index (χ0) is 22.7. The van der Waals surface area contributed by atoms with Gasteiger partial charge in [-0.3, -0.25) is 9.59 Å². The fourth-order valence-electron chi connectivity index (χ4n) is 4.91. The first kappa shape index (κ1) is 23.2. The Hall–Kier alpha value is -1.97. The molecule has 1 unspecified atom stereocenters. The topological polar surface area (TPSA) is 87.2 Å². The highest BCUT2D eigenvalue weighted by atomic mass is 32.2. The van der Waals surface area contributed by atoms with E-state index in [0.29, 0.717) is 64.3 Å². The molecule has 0 N–H and O–H groups in total. The van der Waals surface area contributed by atoms with Crippen molar-refractivity contribution in [2.75, 3.05) is 45.9 Å². The van der Waals surface area contributed by atoms with E-state index in [2.05, 4.69) is 0 Å². The summed E-state index contributed by atoms with van der Waals surface area (Å²) in [5.74, 6) is -0.0837. The number of hydrogen-bond donors (Lipinski definition) is 0. The van der Waals surface area contributed by atoms with Gasteiger partial charge < -0.3 is 14.5 Å². The van der Waals surface area contributed by atoms with Gasteiger partial charge in [0.25, 0.3) is 5.91 Å². The molecule has 2 amide bonds. The SMILES string of the molecule is CC1CCCCN1S(=O)(=O)c1cccc(C(=O)N2CCC(C(=O)N3CCOCC3)CC2)c1. The molecule has 0 aromatic heterocycles. The van der Waals surface area contributed by atoms with Crippen molar-refractivity contribution in [3.05, 3.63) is 29.8 Å². The van der Waals surface area contributed by atoms with Crippen LogP contribution < -0.4 is 0 Å². The highest BCUT2D eigenvalue weighted by Crippen LogP contribution is 2.27. The van der Waals surface area contributed by atoms with Gasteiger partial charge in [0.2, 0.25) is 15.9 Å². The first-order chi connectivity index (χ1) is 15.4. The van der Waals surface area contributed by atoms with Gasteiger partial charge in [-0.05, 0) is 50.8 Å². The Morgan fingerprint density at radius 1 is 0.938 bits per heavy atom. The van der Waals surface area contributed by atoms with Crippen molar-refractivity contribution >= 4 is 21.8 Å². The summed E-state index contributed by atoms with van der Waals surface area (Å²) in [6.45, 7) is 5.89. The van der Waals surface area contributed by atoms with Gasteiger partial charge in [-0.15, -0.1) is 0 Å². The minimum Gasteiger partial charge on any atom is -0.378 e. The zero-order valence-electron chi connectivity index (χ0n) is 18.7. The van der Waals surface area contributed by atoms with E-state index in [1.54, 1.807) is 27.4 Å². The average molecular weight is 464 g/mol. The van der Waals surface area contributed by atoms with Gasteiger partial charge in [-0.25, -0.2) is 8.42 Å². The van der Waals surface area contributed by atoms with Crippen molar-refractivity contribution in [3.63, 3.8) is 0 Å². The highest BCUT2D eigenvalue weighted by Gasteiger charge is 2.33. The molecule has 1 aromatic carbocycles. The van der Waals surface area contributed by atoms with Gasteiger partial charge in [0, 0.05) is 50.2 Å². The molecule has 3 aliphatic rings. The molecule has 0 saturated carbocycles. The van der Waals surface area contributed by atoms with Gasteiger partial charge >= 0.3 is 0 Å². The number of piperidine rings is 2. The second-order valence-corrected chi connectivity index (χ2v) is 10.9. The maximum Gasteiger partial charge on any atom is 0.253 e. The number of sulfonamides is 1. The molecule has 0 aliphatic carbocycles. The van der Waals surface area contributed by atoms with Gasteiger partial charge in [-0.2, -0.15) is 4.31 Å². The van der Waals surface area contributed by atoms with Crippen LogP contribution in [0.15, 0.2) is 29.2 Å². The molecule has 1 atom stereocenters. The monoisotopic (exact) mass is 463 g/mol. The number of hydrogen-bond acceptors (Lipinski definition) is 5. The number of benzene rings is 1. The third-order valence-corrected chi connectivity index (χ3v) is 8.89. The van der Waals surface area contributed by atoms with E-state index in [4.69, 9.17) is 4.74 Å². The van der Waals surface area contributed by atoms with Crippen LogP contribution in [0.25, 0.3) is 0 Å². The van der Waals surface area contributed by atoms with Crippen LogP contribution in [0.1, 0.15) is 49.4 Å². The third kappa shape index (κ3) is 4.84. The lowest BCUT2D eigenvalue weighted by Gasteiger charge is -2.35. The molecule has 32 heavy (non-hydrogen) atoms. The lowest BCUT2D eigenvalue weighted by Crippen LogP contribution is -2.47. The van der Waals surface area contributed by atoms with E-state index < -0.39 is 10.0 Å². The summed E-state index contributed by atoms with van der Waals surface area (Å²) in [5.41, 5.74) is 0.383. The van der Waals surface area contributed by atoms with Crippen LogP contribution in [0.3, 0.4) is 0 Å². The summed E-state index contributed by atoms with van der Waals surface area (Å²) in [5, 5.41) is 0. The molecule has 0 bridgehead atoms. The Bertz CT molecular complexity index is 937. The Balaban J connectivity index is 1.40. The summed E-state index contributed by atoms with van der Waals surface area (Å²) in [6, 6.07) is 6.36. The number of ether oxygens (including phenoxy) is 1. The lowest BCUT2D eigenvalue weighted by atomic mass is 9.94. The summed E-state index contributed by atoms with van der Waals surface area (Å²) >= 11 is 0. The van der Waals surface area contributed by atoms with Crippen molar-refractivity contribution in [2.45, 2.75) is 50.0 Å². The Kier molecular flexibility index (Phi) is 7.17. The molecule has 8 nitrogen and oxygen atoms in total. The molecular formula is C23H33N3O5S. The Morgan fingerprint density at radius 2 is 1.66 bits per heavy atom. The Labute approximate surface area is 190 Å². The molecule has 9 heteroatoms. The third-order valence-electron chi connectivity index (χ3n) is 6.88. The normalized spacial score (nSPS) is 23.8. The van der Waals surface area contributed by atoms with E-state index in [1.807, 2.05) is 11.8 Å². The fraction of sp³-hybridized carbons (Fsp3) is 0.652. The second-order valence-electron chi connectivity index (χ2n) is 8.99. The predicted octanol–water partition coefficient (Wildman–Crippen LogP) is 1.96. The second kappa shape index (κ2) is 9.89. The van der Waals surface area contributed by atoms with Crippen LogP contribution in [0.5, 0.6) is 0 Å². The molecule has 4 rings (SSSR count). The average Bonchev–Trinajstić information content (AvgIpc) is 2.84. The molecular weight excluding hydrogens is 430 g/mol. The molecule has 3 saturated heterocycles. The molecule has 3 heterocycles. The lowest BCUT2D eigenvalue weighted by molar-refractivity contribution is -0.141. The van der Waals surface area contributed by atoms with Crippen molar-refractivity contribution in [1.82, 2.24) is 14.1 Å². The van der Waals surface area contributed by atoms with Crippen LogP contribution in [0, 0.1) is 5.92 Å². The number of amides is 2. The largest absolute Gasteiger partial charge is 0.378 e. The van der Waals surface area contributed by atoms with Crippen molar-refractivity contribution in [3.8, 4) is 0 Å². The van der Waals surface area contributed by atoms with Crippen LogP contribution in [-0.2, 0) is 19.6 Å². The van der Waals surface area contributed by atoms with Gasteiger partial charge in [-0.1, -0.05) is 12.5 Å². The summed E-state index contributed by atoms with van der Waals surface area (Å²) in [6.07, 6.45) is 4.02. The smallest absolute Gasteiger partial charge is 0.253 e. The maximum absolute atomic E-state index is 13.2. The zero-order valence-corrected chi connectivity index (χ0v) is 19.6. The molecule has 0 radical (unpaired) electrons. The number of carbonyl (C=O) groups is 2. The molecule has 3 fully saturated rings. The van der Waals surface area contributed by atoms with Gasteiger partial charge in [0.05, 0.1) is 18.1 Å². The van der Waals surface area contributed by atoms with Crippen molar-refractivity contribution < 1.29 is 22.7 Å². The van der Waals surface area contributed by atoms with Crippen LogP contribution in [-0.4, -0.2) is 86.3 Å². The van der Waals surface area contributed by atoms with E-state index in [0.717, 1.165) is 19.3 Å². The first-order valence-corrected chi connectivity index (χ1v) is 13.1. The standard InChI is InChI=1S/C23H33N3O5S/c1-18-5-2-3-10-26(18)32(29,30)21-7-4-6-20(17-21)23(28)24-11-8-19(9-12-24)22(27)25-13-15-31-16-14-25/h4,6-7,17-19H,2-3,5,8-16H2,1H3. The maximum atomic E-state index is 13.2. The summed E-state index contributed by atoms with van der Waals surface area (Å²) in [4.78, 5) is 29.6. The number of nitrogens with zero attached hydrogens (tertiary/aromatic N) is 3.